The van der Waals surface area contributed by atoms with Crippen LogP contribution in [0.3, 0.4) is 0 Å². The van der Waals surface area contributed by atoms with Gasteiger partial charge in [0.25, 0.3) is 0 Å². The number of halogens is 1. The van der Waals surface area contributed by atoms with E-state index < -0.39 is 0 Å². The highest BCUT2D eigenvalue weighted by Gasteiger charge is 2.26. The average molecular weight is 558 g/mol. The summed E-state index contributed by atoms with van der Waals surface area (Å²) < 4.78 is 13.6. The lowest BCUT2D eigenvalue weighted by Crippen LogP contribution is -2.50. The van der Waals surface area contributed by atoms with Crippen molar-refractivity contribution in [1.82, 2.24) is 14.5 Å². The van der Waals surface area contributed by atoms with Crippen LogP contribution in [0.4, 0.5) is 11.4 Å². The van der Waals surface area contributed by atoms with Crippen molar-refractivity contribution in [3.8, 4) is 17.2 Å². The Morgan fingerprint density at radius 2 is 1.88 bits per heavy atom. The molecule has 0 spiro atoms. The molecule has 1 aliphatic rings. The highest BCUT2D eigenvalue weighted by atomic mass is 35.5. The summed E-state index contributed by atoms with van der Waals surface area (Å²) in [7, 11) is 0. The van der Waals surface area contributed by atoms with Crippen molar-refractivity contribution < 1.29 is 19.4 Å². The number of aliphatic hydroxyl groups excluding tert-OH is 1. The monoisotopic (exact) mass is 557 g/mol. The Hall–Kier alpha value is -4.36. The van der Waals surface area contributed by atoms with Gasteiger partial charge in [0, 0.05) is 49.2 Å². The maximum atomic E-state index is 12.9. The summed E-state index contributed by atoms with van der Waals surface area (Å²) in [6.45, 7) is 10.4. The largest absolute Gasteiger partial charge is 0.491 e. The summed E-state index contributed by atoms with van der Waals surface area (Å²) >= 11 is 6.12. The fraction of sp³-hybridized carbons (Fsp3) is 0.233. The molecule has 4 aromatic rings. The zero-order valence-corrected chi connectivity index (χ0v) is 22.5. The second kappa shape index (κ2) is 12.7. The Bertz CT molecular complexity index is 1530. The number of aliphatic hydroxyl groups is 1. The number of hydrogen-bond acceptors (Lipinski definition) is 6. The first kappa shape index (κ1) is 27.2. The Balaban J connectivity index is 1.26. The van der Waals surface area contributed by atoms with Crippen LogP contribution in [0.5, 0.6) is 17.2 Å². The summed E-state index contributed by atoms with van der Waals surface area (Å²) in [6, 6.07) is 19.9. The summed E-state index contributed by atoms with van der Waals surface area (Å²) in [5.41, 5.74) is 3.13. The number of rotatable bonds is 10. The number of hydrogen-bond donors (Lipinski definition) is 1. The fourth-order valence-electron chi connectivity index (χ4n) is 4.57. The summed E-state index contributed by atoms with van der Waals surface area (Å²) in [5, 5.41) is 9.61. The van der Waals surface area contributed by atoms with Crippen LogP contribution in [0.2, 0.25) is 5.02 Å². The molecule has 40 heavy (non-hydrogen) atoms. The van der Waals surface area contributed by atoms with E-state index in [1.807, 2.05) is 41.1 Å². The molecule has 0 bridgehead atoms. The molecule has 1 aliphatic heterocycles. The molecule has 1 amide bonds. The SMILES string of the molecule is [C-]#[N+]c1ccc(Cn2cncc2CN2CCN(c3cccc(Cl)c3)C(=O)C2)cc1Oc1cccc(OCCO)c1. The van der Waals surface area contributed by atoms with Crippen LogP contribution in [-0.4, -0.2) is 58.3 Å². The standard InChI is InChI=1S/C30H28ClN5O4/c1-32-28-9-8-22(14-29(28)40-27-7-3-6-26(16-27)39-13-12-37)18-35-21-33-17-25(35)19-34-10-11-36(30(38)20-34)24-5-2-4-23(31)15-24/h2-9,14-17,21,37H,10-13,18-20H2. The third kappa shape index (κ3) is 6.61. The summed E-state index contributed by atoms with van der Waals surface area (Å²) in [4.78, 5) is 24.7. The summed E-state index contributed by atoms with van der Waals surface area (Å²) in [5.74, 6) is 1.57. The van der Waals surface area contributed by atoms with E-state index in [4.69, 9.17) is 32.8 Å². The number of benzene rings is 3. The number of nitrogens with zero attached hydrogens (tertiary/aromatic N) is 5. The molecule has 0 aliphatic carbocycles. The second-order valence-corrected chi connectivity index (χ2v) is 9.75. The highest BCUT2D eigenvalue weighted by molar-refractivity contribution is 6.30. The number of piperazine rings is 1. The second-order valence-electron chi connectivity index (χ2n) is 9.31. The number of aromatic nitrogens is 2. The van der Waals surface area contributed by atoms with Crippen LogP contribution in [0, 0.1) is 6.57 Å². The molecule has 1 saturated heterocycles. The molecule has 0 atom stereocenters. The topological polar surface area (TPSA) is 84.4 Å². The lowest BCUT2D eigenvalue weighted by Gasteiger charge is -2.34. The predicted molar refractivity (Wildman–Crippen MR) is 152 cm³/mol. The lowest BCUT2D eigenvalue weighted by molar-refractivity contribution is -0.121. The molecule has 1 aromatic heterocycles. The lowest BCUT2D eigenvalue weighted by atomic mass is 10.1. The number of carbonyl (C=O) groups is 1. The van der Waals surface area contributed by atoms with E-state index >= 15 is 0 Å². The molecule has 0 unspecified atom stereocenters. The number of carbonyl (C=O) groups excluding carboxylic acids is 1. The quantitative estimate of drug-likeness (QED) is 0.272. The molecule has 2 heterocycles. The van der Waals surface area contributed by atoms with Crippen LogP contribution in [0.25, 0.3) is 4.85 Å². The highest BCUT2D eigenvalue weighted by Crippen LogP contribution is 2.34. The predicted octanol–water partition coefficient (Wildman–Crippen LogP) is 5.15. The minimum Gasteiger partial charge on any atom is -0.491 e. The molecule has 3 aromatic carbocycles. The van der Waals surface area contributed by atoms with Gasteiger partial charge in [-0.2, -0.15) is 0 Å². The van der Waals surface area contributed by atoms with Gasteiger partial charge in [0.05, 0.1) is 31.7 Å². The third-order valence-electron chi connectivity index (χ3n) is 6.49. The van der Waals surface area contributed by atoms with Gasteiger partial charge in [-0.1, -0.05) is 35.9 Å². The van der Waals surface area contributed by atoms with Crippen LogP contribution in [0.1, 0.15) is 11.3 Å². The van der Waals surface area contributed by atoms with E-state index in [2.05, 4.69) is 14.7 Å². The molecule has 10 heteroatoms. The minimum atomic E-state index is -0.0826. The molecule has 204 valence electrons. The smallest absolute Gasteiger partial charge is 0.241 e. The number of imidazole rings is 1. The van der Waals surface area contributed by atoms with Gasteiger partial charge >= 0.3 is 0 Å². The van der Waals surface area contributed by atoms with E-state index in [-0.39, 0.29) is 19.1 Å². The Morgan fingerprint density at radius 1 is 1.02 bits per heavy atom. The molecule has 1 N–H and O–H groups in total. The van der Waals surface area contributed by atoms with Gasteiger partial charge in [-0.05, 0) is 42.0 Å². The van der Waals surface area contributed by atoms with Crippen molar-refractivity contribution in [3.63, 3.8) is 0 Å². The normalized spacial score (nSPS) is 13.7. The van der Waals surface area contributed by atoms with E-state index in [0.29, 0.717) is 54.1 Å². The van der Waals surface area contributed by atoms with Crippen molar-refractivity contribution in [1.29, 1.82) is 0 Å². The van der Waals surface area contributed by atoms with Gasteiger partial charge in [0.15, 0.2) is 0 Å². The molecular formula is C30H28ClN5O4. The van der Waals surface area contributed by atoms with Crippen LogP contribution in [-0.2, 0) is 17.9 Å². The fourth-order valence-corrected chi connectivity index (χ4v) is 4.76. The van der Waals surface area contributed by atoms with Gasteiger partial charge in [0.2, 0.25) is 11.6 Å². The van der Waals surface area contributed by atoms with Gasteiger partial charge < -0.3 is 24.0 Å². The van der Waals surface area contributed by atoms with E-state index in [0.717, 1.165) is 23.5 Å². The van der Waals surface area contributed by atoms with Gasteiger partial charge in [-0.25, -0.2) is 9.83 Å². The van der Waals surface area contributed by atoms with Crippen LogP contribution >= 0.6 is 11.6 Å². The van der Waals surface area contributed by atoms with Crippen LogP contribution in [0.15, 0.2) is 79.3 Å². The first-order valence-electron chi connectivity index (χ1n) is 12.8. The van der Waals surface area contributed by atoms with E-state index in [9.17, 15) is 4.79 Å². The third-order valence-corrected chi connectivity index (χ3v) is 6.73. The number of amides is 1. The zero-order chi connectivity index (χ0) is 27.9. The van der Waals surface area contributed by atoms with Gasteiger partial charge in [0.1, 0.15) is 23.9 Å². The minimum absolute atomic E-state index is 0.0296. The number of anilines is 1. The van der Waals surface area contributed by atoms with Crippen molar-refractivity contribution >= 4 is 28.9 Å². The molecule has 0 radical (unpaired) electrons. The molecule has 1 fully saturated rings. The van der Waals surface area contributed by atoms with Gasteiger partial charge in [-0.15, -0.1) is 0 Å². The first-order chi connectivity index (χ1) is 19.5. The van der Waals surface area contributed by atoms with Crippen molar-refractivity contribution in [3.05, 3.63) is 107 Å². The molecule has 9 nitrogen and oxygen atoms in total. The molecular weight excluding hydrogens is 530 g/mol. The Labute approximate surface area is 237 Å². The maximum absolute atomic E-state index is 12.9. The van der Waals surface area contributed by atoms with Crippen LogP contribution < -0.4 is 14.4 Å². The van der Waals surface area contributed by atoms with Gasteiger partial charge in [-0.3, -0.25) is 9.69 Å². The van der Waals surface area contributed by atoms with Crippen molar-refractivity contribution in [2.24, 2.45) is 0 Å². The van der Waals surface area contributed by atoms with Crippen molar-refractivity contribution in [2.45, 2.75) is 13.1 Å². The molecule has 0 saturated carbocycles. The van der Waals surface area contributed by atoms with E-state index in [1.165, 1.54) is 0 Å². The Morgan fingerprint density at radius 3 is 2.67 bits per heavy atom. The Kier molecular flexibility index (Phi) is 8.62. The molecule has 5 rings (SSSR count). The van der Waals surface area contributed by atoms with Crippen molar-refractivity contribution in [2.75, 3.05) is 37.7 Å². The average Bonchev–Trinajstić information content (AvgIpc) is 3.38. The zero-order valence-electron chi connectivity index (χ0n) is 21.7. The number of ether oxygens (including phenoxy) is 2. The summed E-state index contributed by atoms with van der Waals surface area (Å²) in [6.07, 6.45) is 3.58. The first-order valence-corrected chi connectivity index (χ1v) is 13.2. The van der Waals surface area contributed by atoms with E-state index in [1.54, 1.807) is 47.6 Å². The maximum Gasteiger partial charge on any atom is 0.241 e.